The number of nitriles is 1. The first kappa shape index (κ1) is 19.8. The summed E-state index contributed by atoms with van der Waals surface area (Å²) in [5.41, 5.74) is 5.26. The number of carbonyl (C=O) groups excluding carboxylic acids is 1. The summed E-state index contributed by atoms with van der Waals surface area (Å²) in [5, 5.41) is 27.1. The Kier molecular flexibility index (Phi) is 5.31. The predicted octanol–water partition coefficient (Wildman–Crippen LogP) is 2.25. The van der Waals surface area contributed by atoms with E-state index >= 15 is 0 Å². The zero-order valence-electron chi connectivity index (χ0n) is 16.7. The Bertz CT molecular complexity index is 1140. The van der Waals surface area contributed by atoms with Gasteiger partial charge >= 0.3 is 5.97 Å². The smallest absolute Gasteiger partial charge is 0.338 e. The molecule has 0 bridgehead atoms. The van der Waals surface area contributed by atoms with Crippen molar-refractivity contribution >= 4 is 5.97 Å². The molecule has 30 heavy (non-hydrogen) atoms. The maximum absolute atomic E-state index is 11.7. The van der Waals surface area contributed by atoms with Crippen LogP contribution in [0.4, 0.5) is 0 Å². The molecular weight excluding hydrogens is 382 g/mol. The van der Waals surface area contributed by atoms with Gasteiger partial charge in [-0.1, -0.05) is 12.1 Å². The largest absolute Gasteiger partial charge is 0.457 e. The van der Waals surface area contributed by atoms with E-state index in [1.807, 2.05) is 19.1 Å². The molecule has 8 heteroatoms. The van der Waals surface area contributed by atoms with Crippen LogP contribution in [0.25, 0.3) is 5.82 Å². The molecule has 0 saturated heterocycles. The Hall–Kier alpha value is -3.54. The number of nitrogens with one attached hydrogen (secondary N) is 1. The molecule has 1 aliphatic rings. The number of aliphatic hydroxyl groups excluding tert-OH is 1. The van der Waals surface area contributed by atoms with Crippen LogP contribution in [0.5, 0.6) is 0 Å². The lowest BCUT2D eigenvalue weighted by Gasteiger charge is -2.16. The molecule has 152 valence electrons. The molecule has 2 aromatic heterocycles. The van der Waals surface area contributed by atoms with Crippen molar-refractivity contribution in [2.24, 2.45) is 0 Å². The van der Waals surface area contributed by atoms with E-state index in [0.29, 0.717) is 35.7 Å². The summed E-state index contributed by atoms with van der Waals surface area (Å²) in [6.45, 7) is 4.85. The monoisotopic (exact) mass is 403 g/mol. The summed E-state index contributed by atoms with van der Waals surface area (Å²) >= 11 is 0. The van der Waals surface area contributed by atoms with E-state index in [2.05, 4.69) is 21.5 Å². The number of aliphatic hydroxyl groups is 1. The molecule has 0 amide bonds. The molecule has 0 saturated carbocycles. The lowest BCUT2D eigenvalue weighted by atomic mass is 9.95. The molecule has 4 rings (SSSR count). The van der Waals surface area contributed by atoms with E-state index in [4.69, 9.17) is 10.00 Å². The first-order valence-corrected chi connectivity index (χ1v) is 9.58. The van der Waals surface area contributed by atoms with Crippen molar-refractivity contribution in [1.82, 2.24) is 20.1 Å². The number of hydrogen-bond donors (Lipinski definition) is 2. The van der Waals surface area contributed by atoms with Gasteiger partial charge in [-0.2, -0.15) is 10.4 Å². The molecule has 2 N–H and O–H groups in total. The van der Waals surface area contributed by atoms with Crippen LogP contribution in [0.1, 0.15) is 50.0 Å². The zero-order valence-corrected chi connectivity index (χ0v) is 16.7. The molecular formula is C22H21N5O3. The molecule has 0 fully saturated rings. The normalized spacial score (nSPS) is 13.6. The number of carbonyl (C=O) groups is 1. The highest BCUT2D eigenvalue weighted by molar-refractivity contribution is 5.93. The number of fused-ring (bicyclic) bond motifs is 1. The van der Waals surface area contributed by atoms with E-state index in [1.165, 1.54) is 0 Å². The van der Waals surface area contributed by atoms with Gasteiger partial charge in [0.25, 0.3) is 0 Å². The molecule has 0 aliphatic carbocycles. The van der Waals surface area contributed by atoms with Gasteiger partial charge in [-0.3, -0.25) is 0 Å². The highest BCUT2D eigenvalue weighted by Gasteiger charge is 2.25. The summed E-state index contributed by atoms with van der Waals surface area (Å²) < 4.78 is 6.65. The van der Waals surface area contributed by atoms with E-state index in [-0.39, 0.29) is 12.6 Å². The third-order valence-electron chi connectivity index (χ3n) is 5.30. The number of cyclic esters (lactones) is 1. The molecule has 0 spiro atoms. The molecule has 1 aromatic carbocycles. The second kappa shape index (κ2) is 8.06. The highest BCUT2D eigenvalue weighted by Crippen LogP contribution is 2.28. The first-order chi connectivity index (χ1) is 14.5. The predicted molar refractivity (Wildman–Crippen MR) is 108 cm³/mol. The van der Waals surface area contributed by atoms with Gasteiger partial charge in [0, 0.05) is 24.8 Å². The SMILES string of the molecule is Cc1nn(-c2ccc(CNC[C@H](O)c3ccc4c(c3C)COC4=O)cn2)cc1C#N. The standard InChI is InChI=1S/C22H21N5O3/c1-13-17(4-5-18-19(13)12-30-22(18)29)20(28)10-24-8-15-3-6-21(25-9-15)27-11-16(7-23)14(2)26-27/h3-6,9,11,20,24,28H,8,10,12H2,1-2H3/t20-/m0/s1. The minimum absolute atomic E-state index is 0.262. The number of esters is 1. The molecule has 0 unspecified atom stereocenters. The Labute approximate surface area is 173 Å². The van der Waals surface area contributed by atoms with Crippen LogP contribution in [0, 0.1) is 25.2 Å². The van der Waals surface area contributed by atoms with Crippen LogP contribution < -0.4 is 5.32 Å². The van der Waals surface area contributed by atoms with Gasteiger partial charge in [0.05, 0.1) is 29.1 Å². The Morgan fingerprint density at radius 3 is 2.87 bits per heavy atom. The van der Waals surface area contributed by atoms with Crippen LogP contribution in [0.3, 0.4) is 0 Å². The van der Waals surface area contributed by atoms with Crippen molar-refractivity contribution in [2.45, 2.75) is 33.1 Å². The lowest BCUT2D eigenvalue weighted by Crippen LogP contribution is -2.22. The third kappa shape index (κ3) is 3.68. The third-order valence-corrected chi connectivity index (χ3v) is 5.30. The van der Waals surface area contributed by atoms with Gasteiger partial charge in [-0.15, -0.1) is 0 Å². The second-order valence-electron chi connectivity index (χ2n) is 7.24. The minimum atomic E-state index is -0.699. The molecule has 3 aromatic rings. The van der Waals surface area contributed by atoms with Crippen molar-refractivity contribution in [3.05, 3.63) is 75.7 Å². The Morgan fingerprint density at radius 1 is 1.33 bits per heavy atom. The molecule has 3 heterocycles. The van der Waals surface area contributed by atoms with Gasteiger partial charge in [0.15, 0.2) is 5.82 Å². The van der Waals surface area contributed by atoms with Crippen molar-refractivity contribution in [3.8, 4) is 11.9 Å². The summed E-state index contributed by atoms with van der Waals surface area (Å²) in [7, 11) is 0. The second-order valence-corrected chi connectivity index (χ2v) is 7.24. The maximum Gasteiger partial charge on any atom is 0.338 e. The van der Waals surface area contributed by atoms with Crippen molar-refractivity contribution < 1.29 is 14.6 Å². The van der Waals surface area contributed by atoms with Crippen LogP contribution in [-0.2, 0) is 17.9 Å². The van der Waals surface area contributed by atoms with E-state index in [0.717, 1.165) is 22.3 Å². The summed E-state index contributed by atoms with van der Waals surface area (Å²) in [6, 6.07) is 9.36. The number of nitrogens with zero attached hydrogens (tertiary/aromatic N) is 4. The number of ether oxygens (including phenoxy) is 1. The van der Waals surface area contributed by atoms with Crippen LogP contribution in [0.2, 0.25) is 0 Å². The summed E-state index contributed by atoms with van der Waals surface area (Å²) in [4.78, 5) is 16.0. The van der Waals surface area contributed by atoms with Gasteiger partial charge in [-0.25, -0.2) is 14.5 Å². The fourth-order valence-electron chi connectivity index (χ4n) is 3.54. The molecule has 1 atom stereocenters. The van der Waals surface area contributed by atoms with Crippen LogP contribution in [0.15, 0.2) is 36.7 Å². The fourth-order valence-corrected chi connectivity index (χ4v) is 3.54. The number of rotatable bonds is 6. The molecule has 1 aliphatic heterocycles. The number of pyridine rings is 1. The minimum Gasteiger partial charge on any atom is -0.457 e. The number of benzene rings is 1. The number of aromatic nitrogens is 3. The van der Waals surface area contributed by atoms with E-state index < -0.39 is 6.10 Å². The highest BCUT2D eigenvalue weighted by atomic mass is 16.5. The summed E-state index contributed by atoms with van der Waals surface area (Å²) in [5.74, 6) is 0.325. The van der Waals surface area contributed by atoms with Crippen molar-refractivity contribution in [3.63, 3.8) is 0 Å². The number of hydrogen-bond acceptors (Lipinski definition) is 7. The van der Waals surface area contributed by atoms with Crippen LogP contribution in [-0.4, -0.2) is 32.4 Å². The first-order valence-electron chi connectivity index (χ1n) is 9.58. The molecule has 8 nitrogen and oxygen atoms in total. The summed E-state index contributed by atoms with van der Waals surface area (Å²) in [6.07, 6.45) is 2.69. The Morgan fingerprint density at radius 2 is 2.17 bits per heavy atom. The average Bonchev–Trinajstić information content (AvgIpc) is 3.31. The van der Waals surface area contributed by atoms with Crippen molar-refractivity contribution in [1.29, 1.82) is 5.26 Å². The zero-order chi connectivity index (χ0) is 21.3. The van der Waals surface area contributed by atoms with Gasteiger partial charge in [0.2, 0.25) is 0 Å². The average molecular weight is 403 g/mol. The van der Waals surface area contributed by atoms with Gasteiger partial charge < -0.3 is 15.2 Å². The maximum atomic E-state index is 11.7. The molecule has 0 radical (unpaired) electrons. The van der Waals surface area contributed by atoms with E-state index in [1.54, 1.807) is 36.1 Å². The van der Waals surface area contributed by atoms with Crippen molar-refractivity contribution in [2.75, 3.05) is 6.54 Å². The topological polar surface area (TPSA) is 113 Å². The quantitative estimate of drug-likeness (QED) is 0.607. The number of aryl methyl sites for hydroxylation is 1. The fraction of sp³-hybridized carbons (Fsp3) is 0.273. The van der Waals surface area contributed by atoms with Gasteiger partial charge in [0.1, 0.15) is 12.7 Å². The lowest BCUT2D eigenvalue weighted by molar-refractivity contribution is 0.0535. The van der Waals surface area contributed by atoms with Gasteiger partial charge in [-0.05, 0) is 42.7 Å². The van der Waals surface area contributed by atoms with Crippen LogP contribution >= 0.6 is 0 Å². The Balaban J connectivity index is 1.36. The van der Waals surface area contributed by atoms with E-state index in [9.17, 15) is 9.90 Å².